The summed E-state index contributed by atoms with van der Waals surface area (Å²) in [5, 5.41) is 40.1. The number of aliphatic hydroxyl groups is 4. The fourth-order valence-electron chi connectivity index (χ4n) is 6.21. The number of allylic oxidation sites excluding steroid dienone is 14. The zero-order chi connectivity index (χ0) is 43.0. The fraction of sp³-hybridized carbons (Fsp3) is 0.673. The topological polar surface area (TPSA) is 152 Å². The van der Waals surface area contributed by atoms with Gasteiger partial charge in [-0.3, -0.25) is 9.59 Å². The highest BCUT2D eigenvalue weighted by atomic mass is 16.7. The van der Waals surface area contributed by atoms with Gasteiger partial charge in [0.1, 0.15) is 31.0 Å². The van der Waals surface area contributed by atoms with E-state index in [2.05, 4.69) is 86.8 Å². The molecule has 0 aromatic rings. The minimum Gasteiger partial charge on any atom is -0.462 e. The lowest BCUT2D eigenvalue weighted by Crippen LogP contribution is -2.59. The van der Waals surface area contributed by atoms with Crippen molar-refractivity contribution in [2.75, 3.05) is 19.8 Å². The number of hydrogen-bond donors (Lipinski definition) is 4. The van der Waals surface area contributed by atoms with Crippen molar-refractivity contribution in [3.05, 3.63) is 85.1 Å². The number of ether oxygens (including phenoxy) is 4. The van der Waals surface area contributed by atoms with Crippen LogP contribution >= 0.6 is 0 Å². The molecule has 0 amide bonds. The molecule has 0 spiro atoms. The van der Waals surface area contributed by atoms with Crippen LogP contribution in [-0.2, 0) is 28.5 Å². The highest BCUT2D eigenvalue weighted by Gasteiger charge is 2.44. The summed E-state index contributed by atoms with van der Waals surface area (Å²) >= 11 is 0. The van der Waals surface area contributed by atoms with Crippen LogP contribution in [0.25, 0.3) is 0 Å². The van der Waals surface area contributed by atoms with Gasteiger partial charge in [0.2, 0.25) is 0 Å². The van der Waals surface area contributed by atoms with Gasteiger partial charge >= 0.3 is 11.9 Å². The maximum absolute atomic E-state index is 12.7. The maximum Gasteiger partial charge on any atom is 0.306 e. The van der Waals surface area contributed by atoms with Gasteiger partial charge in [-0.05, 0) is 77.0 Å². The van der Waals surface area contributed by atoms with Crippen LogP contribution in [0.5, 0.6) is 0 Å². The third kappa shape index (κ3) is 30.5. The van der Waals surface area contributed by atoms with E-state index in [1.54, 1.807) is 0 Å². The van der Waals surface area contributed by atoms with Crippen LogP contribution in [0.4, 0.5) is 0 Å². The van der Waals surface area contributed by atoms with Gasteiger partial charge in [0, 0.05) is 12.8 Å². The first-order chi connectivity index (χ1) is 28.8. The van der Waals surface area contributed by atoms with Gasteiger partial charge in [-0.2, -0.15) is 0 Å². The Kier molecular flexibility index (Phi) is 35.7. The number of carbonyl (C=O) groups excluding carboxylic acids is 2. The van der Waals surface area contributed by atoms with E-state index in [0.717, 1.165) is 64.2 Å². The van der Waals surface area contributed by atoms with E-state index < -0.39 is 55.4 Å². The Labute approximate surface area is 356 Å². The summed E-state index contributed by atoms with van der Waals surface area (Å²) in [5.74, 6) is -0.930. The van der Waals surface area contributed by atoms with Crippen LogP contribution in [0, 0.1) is 0 Å². The lowest BCUT2D eigenvalue weighted by atomic mass is 9.99. The molecule has 0 aliphatic carbocycles. The van der Waals surface area contributed by atoms with Crippen LogP contribution in [0.3, 0.4) is 0 Å². The SMILES string of the molecule is CC/C=C/C/C=C/C/C=C/C/C=C/C/C=C/C/C=C/CCC(=O)O[C@H](COC(=O)CCCCC/C=C/CCCCCCCCCC)CO[C@@H]1O[C@H](CO)[C@H](O)C(O)C1O. The number of unbranched alkanes of at least 4 members (excludes halogenated alkanes) is 11. The minimum atomic E-state index is -1.61. The molecule has 1 fully saturated rings. The molecule has 1 saturated heterocycles. The quantitative estimate of drug-likeness (QED) is 0.0273. The van der Waals surface area contributed by atoms with Crippen LogP contribution in [0.2, 0.25) is 0 Å². The monoisotopic (exact) mass is 829 g/mol. The molecular weight excluding hydrogens is 749 g/mol. The van der Waals surface area contributed by atoms with Crippen molar-refractivity contribution >= 4 is 11.9 Å². The lowest BCUT2D eigenvalue weighted by molar-refractivity contribution is -0.305. The zero-order valence-electron chi connectivity index (χ0n) is 36.5. The molecule has 1 aliphatic heterocycles. The van der Waals surface area contributed by atoms with Crippen molar-refractivity contribution in [3.8, 4) is 0 Å². The Hall–Kier alpha value is -3.12. The van der Waals surface area contributed by atoms with Crippen molar-refractivity contribution in [1.82, 2.24) is 0 Å². The average Bonchev–Trinajstić information content (AvgIpc) is 3.23. The largest absolute Gasteiger partial charge is 0.462 e. The second-order valence-electron chi connectivity index (χ2n) is 15.1. The number of carbonyl (C=O) groups is 2. The number of rotatable bonds is 36. The summed E-state index contributed by atoms with van der Waals surface area (Å²) < 4.78 is 22.0. The van der Waals surface area contributed by atoms with Crippen molar-refractivity contribution in [1.29, 1.82) is 0 Å². The van der Waals surface area contributed by atoms with Crippen molar-refractivity contribution in [2.24, 2.45) is 0 Å². The average molecular weight is 829 g/mol. The smallest absolute Gasteiger partial charge is 0.306 e. The summed E-state index contributed by atoms with van der Waals surface area (Å²) in [5.41, 5.74) is 0. The fourth-order valence-corrected chi connectivity index (χ4v) is 6.21. The molecule has 0 aromatic carbocycles. The Morgan fingerprint density at radius 2 is 1.03 bits per heavy atom. The van der Waals surface area contributed by atoms with E-state index in [-0.39, 0.29) is 26.1 Å². The maximum atomic E-state index is 12.7. The highest BCUT2D eigenvalue weighted by Crippen LogP contribution is 2.22. The summed E-state index contributed by atoms with van der Waals surface area (Å²) in [7, 11) is 0. The molecule has 10 heteroatoms. The second kappa shape index (κ2) is 39.0. The molecule has 4 N–H and O–H groups in total. The van der Waals surface area contributed by atoms with Crippen molar-refractivity contribution in [2.45, 2.75) is 192 Å². The first-order valence-electron chi connectivity index (χ1n) is 22.7. The third-order valence-corrected chi connectivity index (χ3v) is 9.78. The van der Waals surface area contributed by atoms with E-state index in [1.807, 2.05) is 12.2 Å². The molecule has 10 nitrogen and oxygen atoms in total. The molecule has 0 saturated carbocycles. The van der Waals surface area contributed by atoms with Crippen molar-refractivity contribution < 1.29 is 49.0 Å². The molecule has 59 heavy (non-hydrogen) atoms. The van der Waals surface area contributed by atoms with E-state index in [4.69, 9.17) is 18.9 Å². The van der Waals surface area contributed by atoms with E-state index in [1.165, 1.54) is 51.4 Å². The Balaban J connectivity index is 2.41. The molecule has 1 heterocycles. The minimum absolute atomic E-state index is 0.0975. The molecule has 2 unspecified atom stereocenters. The van der Waals surface area contributed by atoms with Gasteiger partial charge in [-0.1, -0.05) is 150 Å². The molecule has 0 bridgehead atoms. The predicted octanol–water partition coefficient (Wildman–Crippen LogP) is 9.77. The first kappa shape index (κ1) is 53.9. The van der Waals surface area contributed by atoms with Crippen LogP contribution in [-0.4, -0.2) is 89.0 Å². The van der Waals surface area contributed by atoms with Crippen LogP contribution in [0.15, 0.2) is 85.1 Å². The molecule has 1 aliphatic rings. The molecule has 336 valence electrons. The Bertz CT molecular complexity index is 1230. The standard InChI is InChI=1S/C49H80O10/c1-3-5-7-9-11-13-15-17-19-20-21-22-24-26-28-30-32-34-36-38-45(52)58-42(41-57-49-48(55)47(54)46(53)43(39-50)59-49)40-56-44(51)37-35-33-31-29-27-25-23-18-16-14-12-10-8-6-4-2/h5,7,11,13,17,19,21-22,25-28,32,34,42-43,46-50,53-55H,3-4,6,8-10,12,14-16,18,20,23-24,29-31,33,35-41H2,1-2H3/b7-5+,13-11+,19-17+,22-21+,27-25+,28-26+,34-32+/t42-,43-,46+,47?,48?,49-/m1/s1. The second-order valence-corrected chi connectivity index (χ2v) is 15.1. The summed E-state index contributed by atoms with van der Waals surface area (Å²) in [6.07, 6.45) is 43.2. The Morgan fingerprint density at radius 1 is 0.542 bits per heavy atom. The van der Waals surface area contributed by atoms with Crippen LogP contribution in [0.1, 0.15) is 155 Å². The molecule has 0 aromatic heterocycles. The van der Waals surface area contributed by atoms with Gasteiger partial charge in [0.25, 0.3) is 0 Å². The van der Waals surface area contributed by atoms with Gasteiger partial charge in [0.05, 0.1) is 13.2 Å². The molecule has 6 atom stereocenters. The summed E-state index contributed by atoms with van der Waals surface area (Å²) in [6, 6.07) is 0. The predicted molar refractivity (Wildman–Crippen MR) is 237 cm³/mol. The van der Waals surface area contributed by atoms with Crippen LogP contribution < -0.4 is 0 Å². The Morgan fingerprint density at radius 3 is 1.58 bits per heavy atom. The van der Waals surface area contributed by atoms with Gasteiger partial charge < -0.3 is 39.4 Å². The first-order valence-corrected chi connectivity index (χ1v) is 22.7. The normalized spacial score (nSPS) is 20.8. The highest BCUT2D eigenvalue weighted by molar-refractivity contribution is 5.70. The van der Waals surface area contributed by atoms with Gasteiger partial charge in [0.15, 0.2) is 12.4 Å². The van der Waals surface area contributed by atoms with Gasteiger partial charge in [-0.15, -0.1) is 0 Å². The van der Waals surface area contributed by atoms with Crippen molar-refractivity contribution in [3.63, 3.8) is 0 Å². The lowest BCUT2D eigenvalue weighted by Gasteiger charge is -2.39. The van der Waals surface area contributed by atoms with Gasteiger partial charge in [-0.25, -0.2) is 0 Å². The van der Waals surface area contributed by atoms with E-state index in [9.17, 15) is 30.0 Å². The summed E-state index contributed by atoms with van der Waals surface area (Å²) in [4.78, 5) is 25.3. The zero-order valence-corrected chi connectivity index (χ0v) is 36.5. The molecule has 1 rings (SSSR count). The third-order valence-electron chi connectivity index (χ3n) is 9.78. The van der Waals surface area contributed by atoms with E-state index in [0.29, 0.717) is 12.8 Å². The number of esters is 2. The molecular formula is C49H80O10. The number of aliphatic hydroxyl groups excluding tert-OH is 4. The number of hydrogen-bond acceptors (Lipinski definition) is 10. The van der Waals surface area contributed by atoms with E-state index >= 15 is 0 Å². The molecule has 0 radical (unpaired) electrons. The summed E-state index contributed by atoms with van der Waals surface area (Å²) in [6.45, 7) is 3.20.